The second-order valence-electron chi connectivity index (χ2n) is 5.41. The van der Waals surface area contributed by atoms with Gasteiger partial charge in [0.1, 0.15) is 5.92 Å². The summed E-state index contributed by atoms with van der Waals surface area (Å²) in [5.41, 5.74) is 0. The van der Waals surface area contributed by atoms with Crippen LogP contribution in [0.5, 0.6) is 0 Å². The lowest BCUT2D eigenvalue weighted by Crippen LogP contribution is -2.42. The number of nitrogens with zero attached hydrogens (tertiary/aromatic N) is 2. The topological polar surface area (TPSA) is 44.1 Å². The zero-order valence-corrected chi connectivity index (χ0v) is 11.3. The van der Waals surface area contributed by atoms with E-state index in [4.69, 9.17) is 5.26 Å². The fraction of sp³-hybridized carbons (Fsp3) is 0.857. The summed E-state index contributed by atoms with van der Waals surface area (Å²) in [5.74, 6) is 0.472. The Hall–Kier alpha value is -1.04. The van der Waals surface area contributed by atoms with Crippen molar-refractivity contribution < 1.29 is 4.79 Å². The molecule has 1 rings (SSSR count). The van der Waals surface area contributed by atoms with Crippen molar-refractivity contribution in [3.8, 4) is 6.07 Å². The van der Waals surface area contributed by atoms with Crippen LogP contribution in [-0.4, -0.2) is 23.9 Å². The van der Waals surface area contributed by atoms with E-state index in [-0.39, 0.29) is 11.8 Å². The van der Waals surface area contributed by atoms with Gasteiger partial charge in [-0.05, 0) is 24.7 Å². The molecule has 17 heavy (non-hydrogen) atoms. The number of rotatable bonds is 4. The number of likely N-dealkylation sites (tertiary alicyclic amines) is 1. The van der Waals surface area contributed by atoms with Gasteiger partial charge < -0.3 is 4.90 Å². The molecule has 1 atom stereocenters. The third kappa shape index (κ3) is 3.73. The van der Waals surface area contributed by atoms with E-state index in [0.717, 1.165) is 31.8 Å². The monoisotopic (exact) mass is 236 g/mol. The van der Waals surface area contributed by atoms with Crippen molar-refractivity contribution in [2.75, 3.05) is 13.1 Å². The highest BCUT2D eigenvalue weighted by molar-refractivity contribution is 5.81. The zero-order valence-electron chi connectivity index (χ0n) is 11.3. The standard InChI is InChI=1S/C14H24N2O/c1-4-5-12-6-8-16(9-7-12)14(17)13(10-15)11(2)3/h11-13H,4-9H2,1-3H3. The molecule has 1 saturated heterocycles. The summed E-state index contributed by atoms with van der Waals surface area (Å²) in [4.78, 5) is 14.0. The van der Waals surface area contributed by atoms with Crippen LogP contribution in [0.3, 0.4) is 0 Å². The SMILES string of the molecule is CCCC1CCN(C(=O)C(C#N)C(C)C)CC1. The molecule has 0 spiro atoms. The minimum absolute atomic E-state index is 0.0393. The molecule has 96 valence electrons. The maximum Gasteiger partial charge on any atom is 0.240 e. The van der Waals surface area contributed by atoms with Crippen molar-refractivity contribution in [2.45, 2.75) is 46.5 Å². The van der Waals surface area contributed by atoms with Gasteiger partial charge in [-0.1, -0.05) is 33.6 Å². The maximum absolute atomic E-state index is 12.1. The van der Waals surface area contributed by atoms with E-state index in [9.17, 15) is 4.79 Å². The Morgan fingerprint density at radius 3 is 2.41 bits per heavy atom. The molecule has 3 heteroatoms. The molecule has 1 aliphatic rings. The van der Waals surface area contributed by atoms with Crippen LogP contribution < -0.4 is 0 Å². The molecule has 0 radical (unpaired) electrons. The highest BCUT2D eigenvalue weighted by Crippen LogP contribution is 2.24. The number of carbonyl (C=O) groups excluding carboxylic acids is 1. The summed E-state index contributed by atoms with van der Waals surface area (Å²) in [6, 6.07) is 2.14. The summed E-state index contributed by atoms with van der Waals surface area (Å²) in [7, 11) is 0. The van der Waals surface area contributed by atoms with Crippen molar-refractivity contribution in [3.63, 3.8) is 0 Å². The Balaban J connectivity index is 2.48. The summed E-state index contributed by atoms with van der Waals surface area (Å²) >= 11 is 0. The molecule has 0 aromatic carbocycles. The lowest BCUT2D eigenvalue weighted by Gasteiger charge is -2.33. The Bertz CT molecular complexity index is 285. The van der Waals surface area contributed by atoms with E-state index in [1.165, 1.54) is 12.8 Å². The minimum atomic E-state index is -0.460. The average molecular weight is 236 g/mol. The lowest BCUT2D eigenvalue weighted by molar-refractivity contribution is -0.136. The summed E-state index contributed by atoms with van der Waals surface area (Å²) in [6.07, 6.45) is 4.71. The van der Waals surface area contributed by atoms with Crippen molar-refractivity contribution in [3.05, 3.63) is 0 Å². The van der Waals surface area contributed by atoms with Gasteiger partial charge in [0.05, 0.1) is 6.07 Å². The molecule has 3 nitrogen and oxygen atoms in total. The second-order valence-corrected chi connectivity index (χ2v) is 5.41. The van der Waals surface area contributed by atoms with Crippen LogP contribution in [0.2, 0.25) is 0 Å². The highest BCUT2D eigenvalue weighted by Gasteiger charge is 2.29. The molecule has 0 aromatic heterocycles. The number of nitriles is 1. The van der Waals surface area contributed by atoms with Gasteiger partial charge in [-0.15, -0.1) is 0 Å². The first-order valence-electron chi connectivity index (χ1n) is 6.78. The Morgan fingerprint density at radius 1 is 1.41 bits per heavy atom. The van der Waals surface area contributed by atoms with E-state index in [0.29, 0.717) is 0 Å². The average Bonchev–Trinajstić information content (AvgIpc) is 2.30. The Morgan fingerprint density at radius 2 is 2.00 bits per heavy atom. The van der Waals surface area contributed by atoms with E-state index < -0.39 is 5.92 Å². The van der Waals surface area contributed by atoms with Gasteiger partial charge >= 0.3 is 0 Å². The number of hydrogen-bond acceptors (Lipinski definition) is 2. The van der Waals surface area contributed by atoms with Gasteiger partial charge in [0.15, 0.2) is 0 Å². The molecule has 0 N–H and O–H groups in total. The van der Waals surface area contributed by atoms with Crippen LogP contribution in [0, 0.1) is 29.1 Å². The van der Waals surface area contributed by atoms with Crippen molar-refractivity contribution >= 4 is 5.91 Å². The largest absolute Gasteiger partial charge is 0.342 e. The molecule has 1 fully saturated rings. The molecule has 1 aliphatic heterocycles. The number of amides is 1. The van der Waals surface area contributed by atoms with Gasteiger partial charge in [-0.2, -0.15) is 5.26 Å². The molecule has 0 aromatic rings. The number of hydrogen-bond donors (Lipinski definition) is 0. The van der Waals surface area contributed by atoms with Crippen molar-refractivity contribution in [1.29, 1.82) is 5.26 Å². The lowest BCUT2D eigenvalue weighted by atomic mass is 9.90. The smallest absolute Gasteiger partial charge is 0.240 e. The fourth-order valence-corrected chi connectivity index (χ4v) is 2.54. The van der Waals surface area contributed by atoms with Crippen molar-refractivity contribution in [2.24, 2.45) is 17.8 Å². The highest BCUT2D eigenvalue weighted by atomic mass is 16.2. The van der Waals surface area contributed by atoms with Crippen LogP contribution in [0.4, 0.5) is 0 Å². The molecule has 1 amide bonds. The van der Waals surface area contributed by atoms with E-state index >= 15 is 0 Å². The normalized spacial score (nSPS) is 19.1. The molecular formula is C14H24N2O. The number of carbonyl (C=O) groups is 1. The quantitative estimate of drug-likeness (QED) is 0.753. The molecule has 0 saturated carbocycles. The van der Waals surface area contributed by atoms with Crippen LogP contribution in [-0.2, 0) is 4.79 Å². The molecule has 0 aliphatic carbocycles. The molecular weight excluding hydrogens is 212 g/mol. The first kappa shape index (κ1) is 14.0. The molecule has 1 unspecified atom stereocenters. The summed E-state index contributed by atoms with van der Waals surface area (Å²) in [5, 5.41) is 9.04. The summed E-state index contributed by atoms with van der Waals surface area (Å²) in [6.45, 7) is 7.77. The third-order valence-electron chi connectivity index (χ3n) is 3.69. The van der Waals surface area contributed by atoms with Gasteiger partial charge in [-0.3, -0.25) is 4.79 Å². The van der Waals surface area contributed by atoms with Crippen LogP contribution >= 0.6 is 0 Å². The summed E-state index contributed by atoms with van der Waals surface area (Å²) < 4.78 is 0. The fourth-order valence-electron chi connectivity index (χ4n) is 2.54. The second kappa shape index (κ2) is 6.64. The molecule has 1 heterocycles. The van der Waals surface area contributed by atoms with Gasteiger partial charge in [0, 0.05) is 13.1 Å². The third-order valence-corrected chi connectivity index (χ3v) is 3.69. The van der Waals surface area contributed by atoms with E-state index in [1.807, 2.05) is 18.7 Å². The van der Waals surface area contributed by atoms with Crippen LogP contribution in [0.15, 0.2) is 0 Å². The predicted molar refractivity (Wildman–Crippen MR) is 68.2 cm³/mol. The number of piperidine rings is 1. The molecule has 0 bridgehead atoms. The first-order valence-corrected chi connectivity index (χ1v) is 6.78. The zero-order chi connectivity index (χ0) is 12.8. The predicted octanol–water partition coefficient (Wildman–Crippen LogP) is 2.82. The first-order chi connectivity index (χ1) is 8.10. The van der Waals surface area contributed by atoms with E-state index in [1.54, 1.807) is 0 Å². The maximum atomic E-state index is 12.1. The van der Waals surface area contributed by atoms with E-state index in [2.05, 4.69) is 13.0 Å². The Kier molecular flexibility index (Phi) is 5.47. The van der Waals surface area contributed by atoms with Gasteiger partial charge in [-0.25, -0.2) is 0 Å². The van der Waals surface area contributed by atoms with Crippen LogP contribution in [0.25, 0.3) is 0 Å². The van der Waals surface area contributed by atoms with Crippen LogP contribution in [0.1, 0.15) is 46.5 Å². The van der Waals surface area contributed by atoms with Gasteiger partial charge in [0.25, 0.3) is 0 Å². The minimum Gasteiger partial charge on any atom is -0.342 e. The Labute approximate surface area is 105 Å². The van der Waals surface area contributed by atoms with Gasteiger partial charge in [0.2, 0.25) is 5.91 Å². The van der Waals surface area contributed by atoms with Crippen molar-refractivity contribution in [1.82, 2.24) is 4.90 Å².